The molecule has 1 fully saturated rings. The normalized spacial score (nSPS) is 19.2. The summed E-state index contributed by atoms with van der Waals surface area (Å²) in [5.74, 6) is 0.246. The van der Waals surface area contributed by atoms with Crippen LogP contribution in [0.2, 0.25) is 5.02 Å². The summed E-state index contributed by atoms with van der Waals surface area (Å²) in [4.78, 5) is 31.7. The van der Waals surface area contributed by atoms with Crippen LogP contribution in [0.3, 0.4) is 0 Å². The van der Waals surface area contributed by atoms with E-state index < -0.39 is 0 Å². The van der Waals surface area contributed by atoms with Crippen LogP contribution in [0.1, 0.15) is 61.6 Å². The Morgan fingerprint density at radius 3 is 2.53 bits per heavy atom. The summed E-state index contributed by atoms with van der Waals surface area (Å²) in [6.07, 6.45) is 4.99. The molecule has 4 nitrogen and oxygen atoms in total. The molecule has 30 heavy (non-hydrogen) atoms. The molecule has 1 saturated carbocycles. The number of rotatable bonds is 5. The van der Waals surface area contributed by atoms with Crippen molar-refractivity contribution in [3.8, 4) is 0 Å². The molecule has 2 aliphatic rings. The summed E-state index contributed by atoms with van der Waals surface area (Å²) in [6, 6.07) is 9.78. The molecule has 160 valence electrons. The molecule has 2 heterocycles. The van der Waals surface area contributed by atoms with Gasteiger partial charge in [0.15, 0.2) is 0 Å². The molecule has 1 atom stereocenters. The molecule has 0 saturated heterocycles. The van der Waals surface area contributed by atoms with Crippen LogP contribution >= 0.6 is 22.9 Å². The lowest BCUT2D eigenvalue weighted by Gasteiger charge is -2.38. The third-order valence-electron chi connectivity index (χ3n) is 6.39. The van der Waals surface area contributed by atoms with Crippen molar-refractivity contribution in [2.24, 2.45) is 5.92 Å². The third-order valence-corrected chi connectivity index (χ3v) is 7.64. The van der Waals surface area contributed by atoms with E-state index in [-0.39, 0.29) is 36.4 Å². The zero-order chi connectivity index (χ0) is 21.3. The lowest BCUT2D eigenvalue weighted by Crippen LogP contribution is -2.49. The van der Waals surface area contributed by atoms with Gasteiger partial charge in [0.2, 0.25) is 11.8 Å². The van der Waals surface area contributed by atoms with E-state index in [1.54, 1.807) is 16.2 Å². The van der Waals surface area contributed by atoms with Crippen molar-refractivity contribution >= 4 is 34.8 Å². The van der Waals surface area contributed by atoms with E-state index in [0.29, 0.717) is 11.6 Å². The second-order valence-electron chi connectivity index (χ2n) is 8.63. The fraction of sp³-hybridized carbons (Fsp3) is 0.500. The van der Waals surface area contributed by atoms with E-state index in [0.717, 1.165) is 37.7 Å². The highest BCUT2D eigenvalue weighted by Crippen LogP contribution is 2.38. The summed E-state index contributed by atoms with van der Waals surface area (Å²) in [5, 5.41) is 2.79. The van der Waals surface area contributed by atoms with Gasteiger partial charge in [0.1, 0.15) is 6.54 Å². The Kier molecular flexibility index (Phi) is 6.49. The minimum Gasteiger partial charge on any atom is -0.331 e. The third kappa shape index (κ3) is 4.28. The number of benzene rings is 1. The first-order chi connectivity index (χ1) is 14.5. The van der Waals surface area contributed by atoms with Crippen molar-refractivity contribution in [1.29, 1.82) is 0 Å². The van der Waals surface area contributed by atoms with E-state index in [2.05, 4.69) is 11.4 Å². The van der Waals surface area contributed by atoms with Crippen LogP contribution in [0, 0.1) is 5.92 Å². The molecule has 6 heteroatoms. The Balaban J connectivity index is 1.59. The van der Waals surface area contributed by atoms with E-state index >= 15 is 0 Å². The Hall–Kier alpha value is -1.85. The number of carbonyl (C=O) groups excluding carboxylic acids is 2. The van der Waals surface area contributed by atoms with Gasteiger partial charge in [-0.15, -0.1) is 11.3 Å². The molecule has 1 aliphatic heterocycles. The fourth-order valence-corrected chi connectivity index (χ4v) is 5.78. The van der Waals surface area contributed by atoms with Crippen molar-refractivity contribution in [3.05, 3.63) is 56.7 Å². The Morgan fingerprint density at radius 2 is 1.87 bits per heavy atom. The van der Waals surface area contributed by atoms with Crippen molar-refractivity contribution in [2.45, 2.75) is 58.0 Å². The highest BCUT2D eigenvalue weighted by Gasteiger charge is 2.36. The Morgan fingerprint density at radius 1 is 1.17 bits per heavy atom. The van der Waals surface area contributed by atoms with Gasteiger partial charge in [0.05, 0.1) is 6.04 Å². The predicted molar refractivity (Wildman–Crippen MR) is 122 cm³/mol. The van der Waals surface area contributed by atoms with Crippen molar-refractivity contribution in [2.75, 3.05) is 13.1 Å². The molecule has 4 rings (SSSR count). The second-order valence-corrected chi connectivity index (χ2v) is 10.1. The molecule has 0 bridgehead atoms. The lowest BCUT2D eigenvalue weighted by molar-refractivity contribution is -0.145. The first-order valence-corrected chi connectivity index (χ1v) is 12.1. The van der Waals surface area contributed by atoms with Gasteiger partial charge in [-0.3, -0.25) is 9.59 Å². The number of thiophene rings is 1. The van der Waals surface area contributed by atoms with Crippen LogP contribution in [0.25, 0.3) is 0 Å². The quantitative estimate of drug-likeness (QED) is 0.627. The van der Waals surface area contributed by atoms with E-state index in [9.17, 15) is 9.59 Å². The maximum absolute atomic E-state index is 13.5. The Labute approximate surface area is 187 Å². The maximum atomic E-state index is 13.5. The molecule has 0 radical (unpaired) electrons. The zero-order valence-electron chi connectivity index (χ0n) is 17.6. The van der Waals surface area contributed by atoms with Gasteiger partial charge in [-0.25, -0.2) is 0 Å². The topological polar surface area (TPSA) is 40.6 Å². The second kappa shape index (κ2) is 9.11. The fourth-order valence-electron chi connectivity index (χ4n) is 4.75. The minimum atomic E-state index is -0.125. The number of fused-ring (bicyclic) bond motifs is 1. The zero-order valence-corrected chi connectivity index (χ0v) is 19.2. The smallest absolute Gasteiger partial charge is 0.243 e. The van der Waals surface area contributed by atoms with E-state index in [1.165, 1.54) is 10.4 Å². The van der Waals surface area contributed by atoms with Crippen molar-refractivity contribution < 1.29 is 9.59 Å². The monoisotopic (exact) mass is 444 g/mol. The summed E-state index contributed by atoms with van der Waals surface area (Å²) in [5.41, 5.74) is 2.26. The van der Waals surface area contributed by atoms with Crippen LogP contribution in [0.4, 0.5) is 0 Å². The number of nitrogens with zero attached hydrogens (tertiary/aromatic N) is 2. The number of carbonyl (C=O) groups is 2. The number of amides is 2. The van der Waals surface area contributed by atoms with Gasteiger partial charge in [-0.2, -0.15) is 0 Å². The molecule has 1 aromatic heterocycles. The van der Waals surface area contributed by atoms with Gasteiger partial charge in [-0.05, 0) is 67.8 Å². The molecule has 0 spiro atoms. The molecule has 1 aliphatic carbocycles. The minimum absolute atomic E-state index is 0.0116. The molecular formula is C24H29ClN2O2S. The summed E-state index contributed by atoms with van der Waals surface area (Å²) < 4.78 is 0. The first kappa shape index (κ1) is 21.4. The standard InChI is InChI=1S/C24H29ClN2O2S/c1-16(2)27(24(29)18-5-3-4-6-18)15-22(28)26-13-11-21-20(12-14-30-21)23(26)17-7-9-19(25)10-8-17/h7-10,12,14,16,18,23H,3-6,11,13,15H2,1-2H3. The lowest BCUT2D eigenvalue weighted by atomic mass is 9.93. The van der Waals surface area contributed by atoms with Gasteiger partial charge >= 0.3 is 0 Å². The van der Waals surface area contributed by atoms with Crippen LogP contribution < -0.4 is 0 Å². The molecule has 1 unspecified atom stereocenters. The number of halogens is 1. The average Bonchev–Trinajstić information content (AvgIpc) is 3.43. The average molecular weight is 445 g/mol. The van der Waals surface area contributed by atoms with Crippen molar-refractivity contribution in [1.82, 2.24) is 9.80 Å². The first-order valence-electron chi connectivity index (χ1n) is 10.9. The Bertz CT molecular complexity index is 902. The SMILES string of the molecule is CC(C)N(CC(=O)N1CCc2sccc2C1c1ccc(Cl)cc1)C(=O)C1CCCC1. The van der Waals surface area contributed by atoms with Crippen LogP contribution in [0.15, 0.2) is 35.7 Å². The van der Waals surface area contributed by atoms with E-state index in [1.807, 2.05) is 43.0 Å². The number of hydrogen-bond acceptors (Lipinski definition) is 3. The summed E-state index contributed by atoms with van der Waals surface area (Å²) >= 11 is 7.86. The van der Waals surface area contributed by atoms with Crippen LogP contribution in [0.5, 0.6) is 0 Å². The van der Waals surface area contributed by atoms with Gasteiger partial charge in [-0.1, -0.05) is 36.6 Å². The molecule has 0 N–H and O–H groups in total. The highest BCUT2D eigenvalue weighted by atomic mass is 35.5. The highest BCUT2D eigenvalue weighted by molar-refractivity contribution is 7.10. The van der Waals surface area contributed by atoms with Crippen LogP contribution in [-0.4, -0.2) is 40.7 Å². The summed E-state index contributed by atoms with van der Waals surface area (Å²) in [7, 11) is 0. The number of hydrogen-bond donors (Lipinski definition) is 0. The van der Waals surface area contributed by atoms with E-state index in [4.69, 9.17) is 11.6 Å². The van der Waals surface area contributed by atoms with Crippen LogP contribution in [-0.2, 0) is 16.0 Å². The van der Waals surface area contributed by atoms with Gasteiger partial charge in [0, 0.05) is 28.4 Å². The maximum Gasteiger partial charge on any atom is 0.243 e. The van der Waals surface area contributed by atoms with Crippen molar-refractivity contribution in [3.63, 3.8) is 0 Å². The van der Waals surface area contributed by atoms with Gasteiger partial charge < -0.3 is 9.80 Å². The predicted octanol–water partition coefficient (Wildman–Crippen LogP) is 5.30. The molecule has 2 amide bonds. The molecular weight excluding hydrogens is 416 g/mol. The molecule has 1 aromatic carbocycles. The largest absolute Gasteiger partial charge is 0.331 e. The summed E-state index contributed by atoms with van der Waals surface area (Å²) in [6.45, 7) is 4.83. The molecule has 2 aromatic rings. The van der Waals surface area contributed by atoms with Gasteiger partial charge in [0.25, 0.3) is 0 Å².